The predicted molar refractivity (Wildman–Crippen MR) is 199 cm³/mol. The number of unbranched alkanes of at least 4 members (excludes halogenated alkanes) is 9. The number of quaternary nitrogens is 1. The fraction of sp³-hybridized carbons (Fsp3) is 0.718. The van der Waals surface area contributed by atoms with Crippen molar-refractivity contribution in [3.05, 3.63) is 60.8 Å². The Morgan fingerprint density at radius 1 is 0.667 bits per heavy atom. The van der Waals surface area contributed by atoms with Crippen LogP contribution in [-0.2, 0) is 27.9 Å². The smallest absolute Gasteiger partial charge is 0.306 e. The summed E-state index contributed by atoms with van der Waals surface area (Å²) in [6.07, 6.45) is 38.1. The van der Waals surface area contributed by atoms with Gasteiger partial charge in [-0.1, -0.05) is 107 Å². The fourth-order valence-electron chi connectivity index (χ4n) is 4.42. The quantitative estimate of drug-likeness (QED) is 0.0222. The number of hydrogen-bond donors (Lipinski definition) is 0. The SMILES string of the molecule is CC/C=C\C/C=C\C/C=C\C/C=C\CCCOCC(COP(=O)([O-])OCC[N+](C)(C)C)OC(=O)CCCCCCC/C=C\CCCCC. The second-order valence-electron chi connectivity index (χ2n) is 13.2. The molecule has 0 radical (unpaired) electrons. The molecule has 0 aromatic carbocycles. The van der Waals surface area contributed by atoms with E-state index in [0.717, 1.165) is 70.6 Å². The third-order valence-corrected chi connectivity index (χ3v) is 8.27. The lowest BCUT2D eigenvalue weighted by atomic mass is 10.1. The van der Waals surface area contributed by atoms with Crippen LogP contribution in [0.25, 0.3) is 0 Å². The van der Waals surface area contributed by atoms with Gasteiger partial charge in [-0.25, -0.2) is 0 Å². The minimum atomic E-state index is -4.53. The van der Waals surface area contributed by atoms with Crippen LogP contribution >= 0.6 is 7.82 Å². The number of phosphoric ester groups is 1. The maximum atomic E-state index is 12.6. The third-order valence-electron chi connectivity index (χ3n) is 7.30. The van der Waals surface area contributed by atoms with Gasteiger partial charge in [0.05, 0.1) is 34.4 Å². The second kappa shape index (κ2) is 32.4. The van der Waals surface area contributed by atoms with Crippen LogP contribution < -0.4 is 4.89 Å². The number of esters is 1. The van der Waals surface area contributed by atoms with Crippen molar-refractivity contribution in [2.24, 2.45) is 0 Å². The molecule has 48 heavy (non-hydrogen) atoms. The lowest BCUT2D eigenvalue weighted by molar-refractivity contribution is -0.870. The summed E-state index contributed by atoms with van der Waals surface area (Å²) in [5.41, 5.74) is 0. The van der Waals surface area contributed by atoms with E-state index in [1.165, 1.54) is 32.1 Å². The molecule has 0 spiro atoms. The normalized spacial score (nSPS) is 14.7. The van der Waals surface area contributed by atoms with Gasteiger partial charge in [0.25, 0.3) is 7.82 Å². The first-order valence-corrected chi connectivity index (χ1v) is 20.0. The molecule has 0 aromatic heterocycles. The van der Waals surface area contributed by atoms with E-state index in [2.05, 4.69) is 74.6 Å². The molecule has 0 bridgehead atoms. The lowest BCUT2D eigenvalue weighted by Gasteiger charge is -2.28. The number of carbonyl (C=O) groups excluding carboxylic acids is 1. The van der Waals surface area contributed by atoms with Crippen LogP contribution in [0, 0.1) is 0 Å². The van der Waals surface area contributed by atoms with Gasteiger partial charge in [0, 0.05) is 13.0 Å². The van der Waals surface area contributed by atoms with E-state index in [1.54, 1.807) is 0 Å². The Kier molecular flexibility index (Phi) is 31.2. The molecule has 2 unspecified atom stereocenters. The van der Waals surface area contributed by atoms with Crippen molar-refractivity contribution in [3.63, 3.8) is 0 Å². The number of phosphoric acid groups is 1. The average molecular weight is 696 g/mol. The van der Waals surface area contributed by atoms with Gasteiger partial charge in [0.2, 0.25) is 0 Å². The molecule has 0 amide bonds. The zero-order valence-corrected chi connectivity index (χ0v) is 32.1. The number of rotatable bonds is 33. The molecule has 0 N–H and O–H groups in total. The maximum Gasteiger partial charge on any atom is 0.306 e. The number of allylic oxidation sites excluding steroid dienone is 10. The molecule has 0 rings (SSSR count). The van der Waals surface area contributed by atoms with Crippen LogP contribution in [0.5, 0.6) is 0 Å². The first-order chi connectivity index (χ1) is 23.1. The van der Waals surface area contributed by atoms with Gasteiger partial charge in [-0.2, -0.15) is 0 Å². The van der Waals surface area contributed by atoms with Crippen molar-refractivity contribution in [3.8, 4) is 0 Å². The van der Waals surface area contributed by atoms with Crippen LogP contribution in [0.15, 0.2) is 60.8 Å². The highest BCUT2D eigenvalue weighted by atomic mass is 31.2. The molecule has 0 heterocycles. The van der Waals surface area contributed by atoms with Crippen molar-refractivity contribution in [1.29, 1.82) is 0 Å². The van der Waals surface area contributed by atoms with Gasteiger partial charge in [-0.05, 0) is 70.6 Å². The highest BCUT2D eigenvalue weighted by molar-refractivity contribution is 7.45. The summed E-state index contributed by atoms with van der Waals surface area (Å²) < 4.78 is 34.3. The summed E-state index contributed by atoms with van der Waals surface area (Å²) in [7, 11) is 1.30. The molecule has 0 aromatic rings. The molecule has 2 atom stereocenters. The molecular weight excluding hydrogens is 625 g/mol. The van der Waals surface area contributed by atoms with Gasteiger partial charge < -0.3 is 27.9 Å². The Hall–Kier alpha value is -1.80. The van der Waals surface area contributed by atoms with E-state index in [9.17, 15) is 14.3 Å². The summed E-state index contributed by atoms with van der Waals surface area (Å²) in [5.74, 6) is -0.367. The maximum absolute atomic E-state index is 12.6. The van der Waals surface area contributed by atoms with Crippen LogP contribution in [-0.4, -0.2) is 70.7 Å². The molecule has 0 aliphatic heterocycles. The monoisotopic (exact) mass is 695 g/mol. The molecule has 0 aliphatic carbocycles. The number of nitrogens with zero attached hydrogens (tertiary/aromatic N) is 1. The molecule has 0 saturated carbocycles. The molecule has 8 nitrogen and oxygen atoms in total. The molecule has 278 valence electrons. The zero-order valence-electron chi connectivity index (χ0n) is 31.2. The summed E-state index contributed by atoms with van der Waals surface area (Å²) >= 11 is 0. The third kappa shape index (κ3) is 35.5. The predicted octanol–water partition coefficient (Wildman–Crippen LogP) is 9.58. The molecule has 0 fully saturated rings. The van der Waals surface area contributed by atoms with Gasteiger partial charge in [-0.3, -0.25) is 9.36 Å². The van der Waals surface area contributed by atoms with E-state index in [-0.39, 0.29) is 32.2 Å². The van der Waals surface area contributed by atoms with Crippen LogP contribution in [0.4, 0.5) is 0 Å². The van der Waals surface area contributed by atoms with E-state index < -0.39 is 13.9 Å². The molecule has 0 aliphatic rings. The Labute approximate surface area is 294 Å². The van der Waals surface area contributed by atoms with E-state index in [4.69, 9.17) is 18.5 Å². The highest BCUT2D eigenvalue weighted by Gasteiger charge is 2.20. The number of carbonyl (C=O) groups is 1. The van der Waals surface area contributed by atoms with Crippen molar-refractivity contribution in [1.82, 2.24) is 0 Å². The lowest BCUT2D eigenvalue weighted by Crippen LogP contribution is -2.37. The Balaban J connectivity index is 4.45. The van der Waals surface area contributed by atoms with Crippen molar-refractivity contribution in [2.75, 3.05) is 54.1 Å². The largest absolute Gasteiger partial charge is 0.756 e. The summed E-state index contributed by atoms with van der Waals surface area (Å²) in [4.78, 5) is 24.9. The Morgan fingerprint density at radius 3 is 1.83 bits per heavy atom. The molecule has 9 heteroatoms. The van der Waals surface area contributed by atoms with Crippen LogP contribution in [0.2, 0.25) is 0 Å². The minimum absolute atomic E-state index is 0.0117. The molecule has 0 saturated heterocycles. The van der Waals surface area contributed by atoms with Gasteiger partial charge in [-0.15, -0.1) is 0 Å². The van der Waals surface area contributed by atoms with E-state index >= 15 is 0 Å². The van der Waals surface area contributed by atoms with E-state index in [1.807, 2.05) is 21.1 Å². The highest BCUT2D eigenvalue weighted by Crippen LogP contribution is 2.38. The van der Waals surface area contributed by atoms with Crippen molar-refractivity contribution in [2.45, 2.75) is 129 Å². The van der Waals surface area contributed by atoms with Gasteiger partial charge in [0.15, 0.2) is 0 Å². The Morgan fingerprint density at radius 2 is 1.21 bits per heavy atom. The average Bonchev–Trinajstić information content (AvgIpc) is 3.03. The fourth-order valence-corrected chi connectivity index (χ4v) is 5.15. The molecular formula is C39H70NO7P. The van der Waals surface area contributed by atoms with Crippen LogP contribution in [0.3, 0.4) is 0 Å². The second-order valence-corrected chi connectivity index (χ2v) is 14.6. The minimum Gasteiger partial charge on any atom is -0.756 e. The number of hydrogen-bond acceptors (Lipinski definition) is 7. The Bertz CT molecular complexity index is 952. The summed E-state index contributed by atoms with van der Waals surface area (Å²) in [6, 6.07) is 0. The number of ether oxygens (including phenoxy) is 2. The number of likely N-dealkylation sites (N-methyl/N-ethyl adjacent to an activating group) is 1. The first kappa shape index (κ1) is 46.2. The van der Waals surface area contributed by atoms with E-state index in [0.29, 0.717) is 17.6 Å². The summed E-state index contributed by atoms with van der Waals surface area (Å²) in [6.45, 7) is 5.07. The topological polar surface area (TPSA) is 94.1 Å². The van der Waals surface area contributed by atoms with Crippen molar-refractivity contribution >= 4 is 13.8 Å². The summed E-state index contributed by atoms with van der Waals surface area (Å²) in [5, 5.41) is 0. The standard InChI is InChI=1S/C39H70NO7P/c1-6-8-10-12-14-16-18-20-21-23-25-27-29-31-34-44-36-38(37-46-48(42,43)45-35-33-40(3,4)5)47-39(41)32-30-28-26-24-22-19-17-15-13-11-9-7-2/h8,10,14-17,20-21,25,27,38H,6-7,9,11-13,18-19,22-24,26,28-37H2,1-5H3/b10-8-,16-14-,17-15-,21-20-,27-25-. The van der Waals surface area contributed by atoms with Crippen LogP contribution in [0.1, 0.15) is 123 Å². The zero-order chi connectivity index (χ0) is 35.6. The van der Waals surface area contributed by atoms with Gasteiger partial charge >= 0.3 is 5.97 Å². The first-order valence-electron chi connectivity index (χ1n) is 18.5. The van der Waals surface area contributed by atoms with Gasteiger partial charge in [0.1, 0.15) is 19.3 Å². The van der Waals surface area contributed by atoms with Crippen molar-refractivity contribution < 1.29 is 37.3 Å².